The number of nitrogens with two attached hydrogens (primary N) is 2. The molecule has 0 unspecified atom stereocenters. The summed E-state index contributed by atoms with van der Waals surface area (Å²) in [5, 5.41) is 19.4. The molecule has 0 fully saturated rings. The minimum absolute atomic E-state index is 0.0294. The lowest BCUT2D eigenvalue weighted by Crippen LogP contribution is -2.53. The van der Waals surface area contributed by atoms with Crippen molar-refractivity contribution < 1.29 is 29.3 Å². The Labute approximate surface area is 186 Å². The number of aromatic hydroxyl groups is 2. The van der Waals surface area contributed by atoms with Gasteiger partial charge in [0.15, 0.2) is 34.6 Å². The molecule has 2 rings (SSSR count). The largest absolute Gasteiger partial charge is 0.504 e. The maximum absolute atomic E-state index is 12.9. The molecule has 6 N–H and O–H groups in total. The Bertz CT molecular complexity index is 954. The Kier molecular flexibility index (Phi) is 8.57. The highest BCUT2D eigenvalue weighted by atomic mass is 16.5. The van der Waals surface area contributed by atoms with Gasteiger partial charge >= 0.3 is 0 Å². The number of phenols is 2. The van der Waals surface area contributed by atoms with Crippen LogP contribution >= 0.6 is 0 Å². The van der Waals surface area contributed by atoms with Gasteiger partial charge in [-0.2, -0.15) is 0 Å². The maximum atomic E-state index is 12.9. The second-order valence-corrected chi connectivity index (χ2v) is 7.12. The molecule has 170 valence electrons. The van der Waals surface area contributed by atoms with Crippen LogP contribution in [0.15, 0.2) is 48.6 Å². The first-order valence-corrected chi connectivity index (χ1v) is 9.93. The van der Waals surface area contributed by atoms with E-state index in [0.717, 1.165) is 0 Å². The second kappa shape index (κ2) is 11.1. The molecule has 0 heterocycles. The molecule has 2 aromatic carbocycles. The van der Waals surface area contributed by atoms with Gasteiger partial charge in [0.05, 0.1) is 14.2 Å². The van der Waals surface area contributed by atoms with Crippen molar-refractivity contribution in [3.8, 4) is 23.0 Å². The van der Waals surface area contributed by atoms with Crippen molar-refractivity contribution >= 4 is 23.7 Å². The van der Waals surface area contributed by atoms with Crippen LogP contribution in [0.3, 0.4) is 0 Å². The van der Waals surface area contributed by atoms with Gasteiger partial charge < -0.3 is 31.2 Å². The van der Waals surface area contributed by atoms with Crippen LogP contribution in [0.1, 0.15) is 24.0 Å². The van der Waals surface area contributed by atoms with Gasteiger partial charge in [0.25, 0.3) is 0 Å². The summed E-state index contributed by atoms with van der Waals surface area (Å²) in [5.74, 6) is -0.696. The molecule has 0 saturated heterocycles. The zero-order chi connectivity index (χ0) is 23.7. The summed E-state index contributed by atoms with van der Waals surface area (Å²) in [4.78, 5) is 25.8. The first-order valence-electron chi connectivity index (χ1n) is 9.93. The minimum Gasteiger partial charge on any atom is -0.504 e. The van der Waals surface area contributed by atoms with Crippen molar-refractivity contribution in [2.24, 2.45) is 11.5 Å². The molecule has 0 radical (unpaired) electrons. The second-order valence-electron chi connectivity index (χ2n) is 7.12. The van der Waals surface area contributed by atoms with Gasteiger partial charge in [0.1, 0.15) is 5.54 Å². The number of carbonyl (C=O) groups is 2. The fraction of sp³-hybridized carbons (Fsp3) is 0.250. The average molecular weight is 440 g/mol. The van der Waals surface area contributed by atoms with Gasteiger partial charge in [0, 0.05) is 0 Å². The molecular formula is C24H28N2O6. The van der Waals surface area contributed by atoms with E-state index in [-0.39, 0.29) is 36.0 Å². The van der Waals surface area contributed by atoms with Crippen molar-refractivity contribution in [1.29, 1.82) is 0 Å². The van der Waals surface area contributed by atoms with Crippen LogP contribution in [0.25, 0.3) is 12.2 Å². The Morgan fingerprint density at radius 1 is 0.906 bits per heavy atom. The van der Waals surface area contributed by atoms with E-state index in [0.29, 0.717) is 17.5 Å². The van der Waals surface area contributed by atoms with E-state index in [2.05, 4.69) is 0 Å². The van der Waals surface area contributed by atoms with Gasteiger partial charge in [-0.3, -0.25) is 9.59 Å². The van der Waals surface area contributed by atoms with Crippen LogP contribution < -0.4 is 20.9 Å². The normalized spacial score (nSPS) is 11.8. The molecule has 0 aromatic heterocycles. The van der Waals surface area contributed by atoms with Gasteiger partial charge in [-0.25, -0.2) is 0 Å². The molecule has 0 aliphatic heterocycles. The summed E-state index contributed by atoms with van der Waals surface area (Å²) < 4.78 is 10.1. The number of ether oxygens (including phenoxy) is 2. The molecule has 0 aliphatic rings. The van der Waals surface area contributed by atoms with E-state index in [9.17, 15) is 19.8 Å². The average Bonchev–Trinajstić information content (AvgIpc) is 2.80. The minimum atomic E-state index is -1.78. The third-order valence-corrected chi connectivity index (χ3v) is 4.92. The van der Waals surface area contributed by atoms with Crippen LogP contribution in [-0.2, 0) is 9.59 Å². The van der Waals surface area contributed by atoms with E-state index in [1.807, 2.05) is 0 Å². The Balaban J connectivity index is 2.27. The zero-order valence-corrected chi connectivity index (χ0v) is 18.1. The number of hydrogen-bond acceptors (Lipinski definition) is 8. The highest BCUT2D eigenvalue weighted by Gasteiger charge is 2.37. The maximum Gasteiger partial charge on any atom is 0.183 e. The van der Waals surface area contributed by atoms with Crippen molar-refractivity contribution in [3.63, 3.8) is 0 Å². The molecule has 0 amide bonds. The van der Waals surface area contributed by atoms with Gasteiger partial charge in [-0.1, -0.05) is 24.3 Å². The predicted molar refractivity (Wildman–Crippen MR) is 123 cm³/mol. The third kappa shape index (κ3) is 5.96. The SMILES string of the molecule is COc1cc(/C=C/C(=O)C(N)(CCCN)C(=O)/C=C/c2ccc(O)c(OC)c2)ccc1O. The molecule has 8 nitrogen and oxygen atoms in total. The first-order chi connectivity index (χ1) is 15.2. The lowest BCUT2D eigenvalue weighted by Gasteiger charge is -2.23. The summed E-state index contributed by atoms with van der Waals surface area (Å²) in [5.41, 5.74) is 11.2. The molecule has 32 heavy (non-hydrogen) atoms. The zero-order valence-electron chi connectivity index (χ0n) is 18.1. The molecule has 0 spiro atoms. The van der Waals surface area contributed by atoms with E-state index < -0.39 is 17.1 Å². The molecule has 8 heteroatoms. The number of hydrogen-bond donors (Lipinski definition) is 4. The van der Waals surface area contributed by atoms with E-state index in [1.165, 1.54) is 50.7 Å². The fourth-order valence-corrected chi connectivity index (χ4v) is 2.99. The summed E-state index contributed by atoms with van der Waals surface area (Å²) in [6, 6.07) is 9.17. The van der Waals surface area contributed by atoms with Crippen LogP contribution in [-0.4, -0.2) is 48.1 Å². The Morgan fingerprint density at radius 3 is 1.72 bits per heavy atom. The molecule has 0 atom stereocenters. The summed E-state index contributed by atoms with van der Waals surface area (Å²) in [6.07, 6.45) is 5.92. The molecule has 0 bridgehead atoms. The molecule has 0 saturated carbocycles. The summed E-state index contributed by atoms with van der Waals surface area (Å²) in [7, 11) is 2.83. The van der Waals surface area contributed by atoms with Gasteiger partial charge in [-0.05, 0) is 66.9 Å². The number of carbonyl (C=O) groups excluding carboxylic acids is 2. The number of methoxy groups -OCH3 is 2. The molecule has 2 aromatic rings. The number of benzene rings is 2. The van der Waals surface area contributed by atoms with Crippen LogP contribution in [0.5, 0.6) is 23.0 Å². The van der Waals surface area contributed by atoms with Gasteiger partial charge in [0.2, 0.25) is 0 Å². The van der Waals surface area contributed by atoms with Crippen molar-refractivity contribution in [2.75, 3.05) is 20.8 Å². The van der Waals surface area contributed by atoms with E-state index in [1.54, 1.807) is 24.3 Å². The van der Waals surface area contributed by atoms with E-state index in [4.69, 9.17) is 20.9 Å². The first kappa shape index (κ1) is 24.6. The Morgan fingerprint density at radius 2 is 1.34 bits per heavy atom. The number of ketones is 2. The van der Waals surface area contributed by atoms with E-state index >= 15 is 0 Å². The smallest absolute Gasteiger partial charge is 0.183 e. The monoisotopic (exact) mass is 440 g/mol. The topological polar surface area (TPSA) is 145 Å². The fourth-order valence-electron chi connectivity index (χ4n) is 2.99. The molecule has 0 aliphatic carbocycles. The lowest BCUT2D eigenvalue weighted by atomic mass is 9.84. The van der Waals surface area contributed by atoms with Crippen LogP contribution in [0.2, 0.25) is 0 Å². The van der Waals surface area contributed by atoms with Gasteiger partial charge in [-0.15, -0.1) is 0 Å². The Hall–Kier alpha value is -3.62. The van der Waals surface area contributed by atoms with Crippen LogP contribution in [0, 0.1) is 0 Å². The van der Waals surface area contributed by atoms with Crippen molar-refractivity contribution in [1.82, 2.24) is 0 Å². The quantitative estimate of drug-likeness (QED) is 0.308. The molecular weight excluding hydrogens is 412 g/mol. The standard InChI is InChI=1S/C24H28N2O6/c1-31-20-14-16(4-8-18(20)27)6-10-22(29)24(26,12-3-13-25)23(30)11-7-17-5-9-19(28)21(15-17)32-2/h4-11,14-15,27-28H,3,12-13,25-26H2,1-2H3/b10-6+,11-7+. The van der Waals surface area contributed by atoms with Crippen molar-refractivity contribution in [2.45, 2.75) is 18.4 Å². The van der Waals surface area contributed by atoms with Crippen LogP contribution in [0.4, 0.5) is 0 Å². The summed E-state index contributed by atoms with van der Waals surface area (Å²) >= 11 is 0. The highest BCUT2D eigenvalue weighted by molar-refractivity contribution is 6.21. The highest BCUT2D eigenvalue weighted by Crippen LogP contribution is 2.28. The third-order valence-electron chi connectivity index (χ3n) is 4.92. The number of rotatable bonds is 11. The summed E-state index contributed by atoms with van der Waals surface area (Å²) in [6.45, 7) is 0.275. The predicted octanol–water partition coefficient (Wildman–Crippen LogP) is 2.42. The number of phenolic OH excluding ortho intramolecular Hbond substituents is 2. The van der Waals surface area contributed by atoms with Crippen molar-refractivity contribution in [3.05, 3.63) is 59.7 Å². The lowest BCUT2D eigenvalue weighted by molar-refractivity contribution is -0.129.